The highest BCUT2D eigenvalue weighted by molar-refractivity contribution is 6.06. The van der Waals surface area contributed by atoms with Crippen molar-refractivity contribution >= 4 is 11.8 Å². The SMILES string of the molecule is CC(C)(N)CCOC(C)(C)CCN1C(=O)C2C3CCC(C3)C2C1=O. The van der Waals surface area contributed by atoms with Crippen molar-refractivity contribution in [3.05, 3.63) is 0 Å². The van der Waals surface area contributed by atoms with E-state index in [1.165, 1.54) is 4.90 Å². The Hall–Kier alpha value is -0.940. The van der Waals surface area contributed by atoms with E-state index in [4.69, 9.17) is 10.5 Å². The quantitative estimate of drug-likeness (QED) is 0.724. The number of carbonyl (C=O) groups is 2. The molecule has 2 aliphatic carbocycles. The van der Waals surface area contributed by atoms with Gasteiger partial charge in [0.25, 0.3) is 0 Å². The van der Waals surface area contributed by atoms with E-state index in [1.54, 1.807) is 0 Å². The van der Waals surface area contributed by atoms with Gasteiger partial charge in [-0.2, -0.15) is 0 Å². The zero-order valence-electron chi connectivity index (χ0n) is 15.5. The zero-order valence-corrected chi connectivity index (χ0v) is 15.5. The van der Waals surface area contributed by atoms with Crippen LogP contribution in [-0.4, -0.2) is 41.0 Å². The fraction of sp³-hybridized carbons (Fsp3) is 0.895. The van der Waals surface area contributed by atoms with Gasteiger partial charge >= 0.3 is 0 Å². The first kappa shape index (κ1) is 17.9. The van der Waals surface area contributed by atoms with E-state index in [0.29, 0.717) is 31.4 Å². The van der Waals surface area contributed by atoms with Crippen molar-refractivity contribution in [3.63, 3.8) is 0 Å². The summed E-state index contributed by atoms with van der Waals surface area (Å²) in [6.45, 7) is 9.07. The molecule has 2 N–H and O–H groups in total. The molecular weight excluding hydrogens is 304 g/mol. The maximum atomic E-state index is 12.7. The summed E-state index contributed by atoms with van der Waals surface area (Å²) in [6, 6.07) is 0. The lowest BCUT2D eigenvalue weighted by molar-refractivity contribution is -0.141. The fourth-order valence-corrected chi connectivity index (χ4v) is 4.73. The summed E-state index contributed by atoms with van der Waals surface area (Å²) in [6.07, 6.45) is 4.80. The Morgan fingerprint density at radius 1 is 1.04 bits per heavy atom. The highest BCUT2D eigenvalue weighted by Gasteiger charge is 2.60. The predicted octanol–water partition coefficient (Wildman–Crippen LogP) is 2.33. The van der Waals surface area contributed by atoms with E-state index in [1.807, 2.05) is 27.7 Å². The van der Waals surface area contributed by atoms with E-state index in [-0.39, 0.29) is 34.8 Å². The van der Waals surface area contributed by atoms with Crippen LogP contribution in [-0.2, 0) is 14.3 Å². The highest BCUT2D eigenvalue weighted by Crippen LogP contribution is 2.56. The third-order valence-corrected chi connectivity index (χ3v) is 6.20. The number of amides is 2. The van der Waals surface area contributed by atoms with Crippen LogP contribution in [0, 0.1) is 23.7 Å². The molecule has 2 amide bonds. The second-order valence-corrected chi connectivity index (χ2v) is 9.31. The summed E-state index contributed by atoms with van der Waals surface area (Å²) in [4.78, 5) is 26.9. The van der Waals surface area contributed by atoms with Gasteiger partial charge < -0.3 is 10.5 Å². The molecule has 1 saturated heterocycles. The van der Waals surface area contributed by atoms with Crippen molar-refractivity contribution in [2.24, 2.45) is 29.4 Å². The molecule has 5 nitrogen and oxygen atoms in total. The van der Waals surface area contributed by atoms with Crippen molar-refractivity contribution in [1.29, 1.82) is 0 Å². The first-order chi connectivity index (χ1) is 11.1. The number of nitrogens with two attached hydrogens (primary N) is 1. The third-order valence-electron chi connectivity index (χ3n) is 6.20. The number of rotatable bonds is 7. The van der Waals surface area contributed by atoms with Crippen LogP contribution in [0.5, 0.6) is 0 Å². The molecule has 136 valence electrons. The molecule has 24 heavy (non-hydrogen) atoms. The first-order valence-corrected chi connectivity index (χ1v) is 9.37. The van der Waals surface area contributed by atoms with Gasteiger partial charge in [-0.3, -0.25) is 14.5 Å². The molecular formula is C19H32N2O3. The minimum Gasteiger partial charge on any atom is -0.375 e. The molecule has 3 rings (SSSR count). The molecule has 4 atom stereocenters. The van der Waals surface area contributed by atoms with Crippen LogP contribution in [0.3, 0.4) is 0 Å². The molecule has 0 spiro atoms. The van der Waals surface area contributed by atoms with Gasteiger partial charge in [-0.1, -0.05) is 0 Å². The van der Waals surface area contributed by atoms with Gasteiger partial charge in [-0.25, -0.2) is 0 Å². The topological polar surface area (TPSA) is 72.6 Å². The minimum atomic E-state index is -0.359. The Labute approximate surface area is 145 Å². The Kier molecular flexibility index (Phi) is 4.54. The van der Waals surface area contributed by atoms with E-state index in [0.717, 1.165) is 25.7 Å². The number of ether oxygens (including phenoxy) is 1. The fourth-order valence-electron chi connectivity index (χ4n) is 4.73. The lowest BCUT2D eigenvalue weighted by Gasteiger charge is -2.29. The molecule has 1 heterocycles. The van der Waals surface area contributed by atoms with Gasteiger partial charge in [0, 0.05) is 18.7 Å². The number of imide groups is 1. The molecule has 0 aromatic carbocycles. The lowest BCUT2D eigenvalue weighted by Crippen LogP contribution is -2.39. The predicted molar refractivity (Wildman–Crippen MR) is 92.1 cm³/mol. The number of nitrogens with zero attached hydrogens (tertiary/aromatic N) is 1. The number of hydrogen-bond acceptors (Lipinski definition) is 4. The molecule has 0 aromatic heterocycles. The number of likely N-dealkylation sites (tertiary alicyclic amines) is 1. The molecule has 4 unspecified atom stereocenters. The second kappa shape index (κ2) is 6.10. The normalized spacial score (nSPS) is 32.8. The summed E-state index contributed by atoms with van der Waals surface area (Å²) in [7, 11) is 0. The average molecular weight is 336 g/mol. The van der Waals surface area contributed by atoms with Crippen molar-refractivity contribution in [1.82, 2.24) is 4.90 Å². The maximum absolute atomic E-state index is 12.7. The van der Waals surface area contributed by atoms with Crippen molar-refractivity contribution in [3.8, 4) is 0 Å². The maximum Gasteiger partial charge on any atom is 0.233 e. The van der Waals surface area contributed by atoms with Crippen LogP contribution in [0.1, 0.15) is 59.8 Å². The zero-order chi connectivity index (χ0) is 17.7. The Morgan fingerprint density at radius 2 is 1.58 bits per heavy atom. The van der Waals surface area contributed by atoms with Crippen LogP contribution < -0.4 is 5.73 Å². The number of hydrogen-bond donors (Lipinski definition) is 1. The molecule has 3 fully saturated rings. The number of fused-ring (bicyclic) bond motifs is 5. The largest absolute Gasteiger partial charge is 0.375 e. The molecule has 2 saturated carbocycles. The van der Waals surface area contributed by atoms with Gasteiger partial charge in [0.2, 0.25) is 11.8 Å². The van der Waals surface area contributed by atoms with Crippen molar-refractivity contribution < 1.29 is 14.3 Å². The van der Waals surface area contributed by atoms with Crippen LogP contribution in [0.4, 0.5) is 0 Å². The summed E-state index contributed by atoms with van der Waals surface area (Å²) in [5.74, 6) is 1.04. The van der Waals surface area contributed by atoms with Crippen LogP contribution in [0.25, 0.3) is 0 Å². The van der Waals surface area contributed by atoms with Crippen molar-refractivity contribution in [2.75, 3.05) is 13.2 Å². The standard InChI is InChI=1S/C19H32N2O3/c1-18(2,20)8-10-24-19(3,4)7-9-21-16(22)14-12-5-6-13(11-12)15(14)17(21)23/h12-15H,5-11,20H2,1-4H3. The Bertz CT molecular complexity index is 495. The van der Waals surface area contributed by atoms with E-state index >= 15 is 0 Å². The molecule has 0 aromatic rings. The van der Waals surface area contributed by atoms with Crippen LogP contribution >= 0.6 is 0 Å². The first-order valence-electron chi connectivity index (χ1n) is 9.37. The van der Waals surface area contributed by atoms with Crippen LogP contribution in [0.2, 0.25) is 0 Å². The monoisotopic (exact) mass is 336 g/mol. The summed E-state index contributed by atoms with van der Waals surface area (Å²) < 4.78 is 5.96. The smallest absolute Gasteiger partial charge is 0.233 e. The molecule has 5 heteroatoms. The third kappa shape index (κ3) is 3.38. The van der Waals surface area contributed by atoms with Gasteiger partial charge in [-0.05, 0) is 71.6 Å². The van der Waals surface area contributed by atoms with E-state index in [2.05, 4.69) is 0 Å². The lowest BCUT2D eigenvalue weighted by atomic mass is 9.81. The summed E-state index contributed by atoms with van der Waals surface area (Å²) in [5, 5.41) is 0. The molecule has 2 bridgehead atoms. The van der Waals surface area contributed by atoms with E-state index in [9.17, 15) is 9.59 Å². The molecule has 1 aliphatic heterocycles. The van der Waals surface area contributed by atoms with Gasteiger partial charge in [0.1, 0.15) is 0 Å². The van der Waals surface area contributed by atoms with Crippen LogP contribution in [0.15, 0.2) is 0 Å². The van der Waals surface area contributed by atoms with E-state index < -0.39 is 0 Å². The Morgan fingerprint density at radius 3 is 2.08 bits per heavy atom. The second-order valence-electron chi connectivity index (χ2n) is 9.31. The number of carbonyl (C=O) groups excluding carboxylic acids is 2. The van der Waals surface area contributed by atoms with Gasteiger partial charge in [-0.15, -0.1) is 0 Å². The summed E-state index contributed by atoms with van der Waals surface area (Å²) >= 11 is 0. The average Bonchev–Trinajstić information content (AvgIpc) is 3.10. The van der Waals surface area contributed by atoms with Gasteiger partial charge in [0.05, 0.1) is 17.4 Å². The van der Waals surface area contributed by atoms with Gasteiger partial charge in [0.15, 0.2) is 0 Å². The minimum absolute atomic E-state index is 0.0154. The Balaban J connectivity index is 1.53. The van der Waals surface area contributed by atoms with Crippen molar-refractivity contribution in [2.45, 2.75) is 70.9 Å². The summed E-state index contributed by atoms with van der Waals surface area (Å²) in [5.41, 5.74) is 5.38. The molecule has 3 aliphatic rings. The molecule has 0 radical (unpaired) electrons. The highest BCUT2D eigenvalue weighted by atomic mass is 16.5.